The van der Waals surface area contributed by atoms with Gasteiger partial charge in [0.1, 0.15) is 0 Å². The van der Waals surface area contributed by atoms with Crippen molar-refractivity contribution in [1.29, 1.82) is 0 Å². The van der Waals surface area contributed by atoms with E-state index in [9.17, 15) is 10.0 Å². The van der Waals surface area contributed by atoms with E-state index in [2.05, 4.69) is 5.32 Å². The maximum absolute atomic E-state index is 11.9. The standard InChI is InChI=1S/C15H15ClN2O2S/c1-11(12-5-7-13(16)8-6-12)17-14(19)10-21-15-4-2-3-9-18(15)20/h2-9,11H,10H2,1H3,(H,17,19)/t11-/m0/s1. The van der Waals surface area contributed by atoms with Gasteiger partial charge in [0.05, 0.1) is 11.8 Å². The van der Waals surface area contributed by atoms with Gasteiger partial charge < -0.3 is 10.5 Å². The van der Waals surface area contributed by atoms with Crippen LogP contribution in [0.1, 0.15) is 18.5 Å². The summed E-state index contributed by atoms with van der Waals surface area (Å²) in [6.45, 7) is 1.90. The number of hydrogen-bond donors (Lipinski definition) is 1. The molecule has 1 aromatic carbocycles. The molecule has 1 aromatic heterocycles. The van der Waals surface area contributed by atoms with Gasteiger partial charge in [-0.3, -0.25) is 4.79 Å². The van der Waals surface area contributed by atoms with Crippen molar-refractivity contribution in [3.8, 4) is 0 Å². The Kier molecular flexibility index (Phi) is 5.47. The van der Waals surface area contributed by atoms with E-state index < -0.39 is 0 Å². The predicted octanol–water partition coefficient (Wildman–Crippen LogP) is 2.94. The second-order valence-corrected chi connectivity index (χ2v) is 5.93. The number of nitrogens with one attached hydrogen (secondary N) is 1. The van der Waals surface area contributed by atoms with Crippen molar-refractivity contribution >= 4 is 29.3 Å². The van der Waals surface area contributed by atoms with Gasteiger partial charge in [0.25, 0.3) is 5.03 Å². The first-order valence-corrected chi connectivity index (χ1v) is 7.78. The molecule has 1 heterocycles. The van der Waals surface area contributed by atoms with E-state index in [1.807, 2.05) is 19.1 Å². The Bertz CT molecular complexity index is 619. The second kappa shape index (κ2) is 7.33. The summed E-state index contributed by atoms with van der Waals surface area (Å²) in [4.78, 5) is 11.9. The van der Waals surface area contributed by atoms with Gasteiger partial charge in [0.2, 0.25) is 5.91 Å². The molecule has 1 N–H and O–H groups in total. The van der Waals surface area contributed by atoms with Gasteiger partial charge in [-0.05, 0) is 42.4 Å². The molecule has 0 bridgehead atoms. The van der Waals surface area contributed by atoms with Crippen LogP contribution in [0.25, 0.3) is 0 Å². The lowest BCUT2D eigenvalue weighted by atomic mass is 10.1. The number of hydrogen-bond acceptors (Lipinski definition) is 3. The van der Waals surface area contributed by atoms with E-state index >= 15 is 0 Å². The van der Waals surface area contributed by atoms with Crippen molar-refractivity contribution in [1.82, 2.24) is 5.32 Å². The van der Waals surface area contributed by atoms with Gasteiger partial charge in [-0.25, -0.2) is 0 Å². The molecule has 21 heavy (non-hydrogen) atoms. The van der Waals surface area contributed by atoms with Gasteiger partial charge in [-0.15, -0.1) is 0 Å². The van der Waals surface area contributed by atoms with Crippen molar-refractivity contribution in [3.63, 3.8) is 0 Å². The average molecular weight is 323 g/mol. The van der Waals surface area contributed by atoms with Crippen LogP contribution in [0.5, 0.6) is 0 Å². The molecule has 2 aromatic rings. The number of nitrogens with zero attached hydrogens (tertiary/aromatic N) is 1. The molecule has 0 fully saturated rings. The number of thioether (sulfide) groups is 1. The molecule has 0 aliphatic heterocycles. The summed E-state index contributed by atoms with van der Waals surface area (Å²) in [5.74, 6) is 0.0794. The minimum absolute atomic E-state index is 0.106. The van der Waals surface area contributed by atoms with Gasteiger partial charge in [0.15, 0.2) is 6.20 Å². The first kappa shape index (κ1) is 15.7. The molecule has 0 aliphatic carbocycles. The highest BCUT2D eigenvalue weighted by Crippen LogP contribution is 2.17. The normalized spacial score (nSPS) is 11.9. The highest BCUT2D eigenvalue weighted by atomic mass is 35.5. The highest BCUT2D eigenvalue weighted by molar-refractivity contribution is 7.99. The van der Waals surface area contributed by atoms with Crippen LogP contribution in [-0.4, -0.2) is 11.7 Å². The third-order valence-electron chi connectivity index (χ3n) is 2.89. The number of rotatable bonds is 5. The van der Waals surface area contributed by atoms with Crippen LogP contribution in [0.15, 0.2) is 53.7 Å². The molecular formula is C15H15ClN2O2S. The van der Waals surface area contributed by atoms with Crippen molar-refractivity contribution in [2.75, 3.05) is 5.75 Å². The first-order valence-electron chi connectivity index (χ1n) is 6.42. The zero-order chi connectivity index (χ0) is 15.2. The summed E-state index contributed by atoms with van der Waals surface area (Å²) in [5.41, 5.74) is 0.983. The zero-order valence-corrected chi connectivity index (χ0v) is 13.0. The van der Waals surface area contributed by atoms with Crippen LogP contribution >= 0.6 is 23.4 Å². The summed E-state index contributed by atoms with van der Waals surface area (Å²) in [7, 11) is 0. The third-order valence-corrected chi connectivity index (χ3v) is 4.16. The van der Waals surface area contributed by atoms with E-state index in [4.69, 9.17) is 11.6 Å². The Hall–Kier alpha value is -1.72. The fourth-order valence-corrected chi connectivity index (χ4v) is 2.63. The largest absolute Gasteiger partial charge is 0.618 e. The maximum Gasteiger partial charge on any atom is 0.251 e. The van der Waals surface area contributed by atoms with Crippen molar-refractivity contribution < 1.29 is 9.52 Å². The lowest BCUT2D eigenvalue weighted by molar-refractivity contribution is -0.645. The van der Waals surface area contributed by atoms with E-state index in [1.165, 1.54) is 18.0 Å². The molecule has 0 spiro atoms. The predicted molar refractivity (Wildman–Crippen MR) is 84.1 cm³/mol. The average Bonchev–Trinajstić information content (AvgIpc) is 2.47. The summed E-state index contributed by atoms with van der Waals surface area (Å²) in [6, 6.07) is 12.3. The molecule has 1 amide bonds. The topological polar surface area (TPSA) is 56.0 Å². The van der Waals surface area contributed by atoms with Crippen LogP contribution in [-0.2, 0) is 4.79 Å². The molecule has 4 nitrogen and oxygen atoms in total. The number of carbonyl (C=O) groups is 1. The third kappa shape index (κ3) is 4.65. The monoisotopic (exact) mass is 322 g/mol. The molecule has 0 radical (unpaired) electrons. The van der Waals surface area contributed by atoms with E-state index in [0.29, 0.717) is 10.0 Å². The van der Waals surface area contributed by atoms with E-state index in [0.717, 1.165) is 10.3 Å². The van der Waals surface area contributed by atoms with Crippen LogP contribution in [0.3, 0.4) is 0 Å². The quantitative estimate of drug-likeness (QED) is 0.523. The van der Waals surface area contributed by atoms with Crippen molar-refractivity contribution in [2.45, 2.75) is 18.0 Å². The Morgan fingerprint density at radius 2 is 2.05 bits per heavy atom. The minimum atomic E-state index is -0.119. The minimum Gasteiger partial charge on any atom is -0.618 e. The van der Waals surface area contributed by atoms with Gasteiger partial charge in [-0.1, -0.05) is 23.7 Å². The maximum atomic E-state index is 11.9. The van der Waals surface area contributed by atoms with Crippen LogP contribution in [0.2, 0.25) is 5.02 Å². The lowest BCUT2D eigenvalue weighted by Crippen LogP contribution is -2.31. The highest BCUT2D eigenvalue weighted by Gasteiger charge is 2.12. The molecule has 2 rings (SSSR count). The number of carbonyl (C=O) groups excluding carboxylic acids is 1. The number of amides is 1. The smallest absolute Gasteiger partial charge is 0.251 e. The van der Waals surface area contributed by atoms with Crippen LogP contribution < -0.4 is 10.0 Å². The zero-order valence-electron chi connectivity index (χ0n) is 11.5. The lowest BCUT2D eigenvalue weighted by Gasteiger charge is -2.14. The number of benzene rings is 1. The fraction of sp³-hybridized carbons (Fsp3) is 0.200. The molecule has 110 valence electrons. The molecular weight excluding hydrogens is 308 g/mol. The van der Waals surface area contributed by atoms with Crippen LogP contribution in [0.4, 0.5) is 0 Å². The van der Waals surface area contributed by atoms with E-state index in [-0.39, 0.29) is 17.7 Å². The molecule has 0 unspecified atom stereocenters. The molecule has 0 saturated carbocycles. The van der Waals surface area contributed by atoms with Gasteiger partial charge in [0, 0.05) is 17.2 Å². The Morgan fingerprint density at radius 1 is 1.33 bits per heavy atom. The Balaban J connectivity index is 1.87. The summed E-state index contributed by atoms with van der Waals surface area (Å²) in [6.07, 6.45) is 1.41. The summed E-state index contributed by atoms with van der Waals surface area (Å²) in [5, 5.41) is 15.5. The van der Waals surface area contributed by atoms with E-state index in [1.54, 1.807) is 30.3 Å². The number of halogens is 1. The van der Waals surface area contributed by atoms with Gasteiger partial charge in [-0.2, -0.15) is 4.73 Å². The molecule has 1 atom stereocenters. The summed E-state index contributed by atoms with van der Waals surface area (Å²) >= 11 is 7.04. The first-order chi connectivity index (χ1) is 10.1. The number of pyridine rings is 1. The fourth-order valence-electron chi connectivity index (χ4n) is 1.78. The molecule has 0 aliphatic rings. The SMILES string of the molecule is C[C@H](NC(=O)CSc1cccc[n+]1[O-])c1ccc(Cl)cc1. The van der Waals surface area contributed by atoms with Gasteiger partial charge >= 0.3 is 0 Å². The van der Waals surface area contributed by atoms with Crippen molar-refractivity contribution in [2.24, 2.45) is 0 Å². The second-order valence-electron chi connectivity index (χ2n) is 4.49. The molecule has 0 saturated heterocycles. The number of aromatic nitrogens is 1. The molecule has 6 heteroatoms. The Labute approximate surface area is 132 Å². The van der Waals surface area contributed by atoms with Crippen molar-refractivity contribution in [3.05, 3.63) is 64.5 Å². The van der Waals surface area contributed by atoms with Crippen LogP contribution in [0, 0.1) is 5.21 Å². The summed E-state index contributed by atoms with van der Waals surface area (Å²) < 4.78 is 0.751. The Morgan fingerprint density at radius 3 is 2.71 bits per heavy atom.